The van der Waals surface area contributed by atoms with E-state index in [1.54, 1.807) is 29.1 Å². The normalized spacial score (nSPS) is 13.7. The molecule has 0 radical (unpaired) electrons. The molecule has 1 atom stereocenters. The first-order valence-electron chi connectivity index (χ1n) is 13.9. The van der Waals surface area contributed by atoms with Gasteiger partial charge in [-0.05, 0) is 85.7 Å². The number of benzene rings is 3. The molecular weight excluding hydrogens is 611 g/mol. The zero-order valence-corrected chi connectivity index (χ0v) is 25.1. The summed E-state index contributed by atoms with van der Waals surface area (Å²) in [6.07, 6.45) is 2.73. The Hall–Kier alpha value is -4.13. The minimum Gasteiger partial charge on any atom is -0.461 e. The molecule has 1 N–H and O–H groups in total. The average molecular weight is 638 g/mol. The van der Waals surface area contributed by atoms with E-state index in [4.69, 9.17) is 9.84 Å². The van der Waals surface area contributed by atoms with Crippen LogP contribution in [0.2, 0.25) is 0 Å². The predicted molar refractivity (Wildman–Crippen MR) is 161 cm³/mol. The molecule has 6 rings (SSSR count). The fourth-order valence-corrected chi connectivity index (χ4v) is 6.18. The Kier molecular flexibility index (Phi) is 8.48. The number of carbonyl (C=O) groups is 1. The lowest BCUT2D eigenvalue weighted by molar-refractivity contribution is 0.0520. The Labute approximate surface area is 257 Å². The molecule has 0 aliphatic heterocycles. The molecule has 0 bridgehead atoms. The van der Waals surface area contributed by atoms with Gasteiger partial charge in [0.05, 0.1) is 22.9 Å². The van der Waals surface area contributed by atoms with Crippen molar-refractivity contribution in [1.82, 2.24) is 14.8 Å². The summed E-state index contributed by atoms with van der Waals surface area (Å²) < 4.78 is 71.7. The third-order valence-corrected chi connectivity index (χ3v) is 8.89. The van der Waals surface area contributed by atoms with Crippen LogP contribution in [0.15, 0.2) is 70.9 Å². The van der Waals surface area contributed by atoms with Gasteiger partial charge in [-0.3, -0.25) is 0 Å². The summed E-state index contributed by atoms with van der Waals surface area (Å²) in [5, 5.41) is 6.93. The highest BCUT2D eigenvalue weighted by Crippen LogP contribution is 2.39. The van der Waals surface area contributed by atoms with E-state index in [1.165, 1.54) is 53.8 Å². The summed E-state index contributed by atoms with van der Waals surface area (Å²) in [6, 6.07) is 13.9. The maximum absolute atomic E-state index is 15.3. The molecule has 1 unspecified atom stereocenters. The van der Waals surface area contributed by atoms with Crippen molar-refractivity contribution in [2.75, 3.05) is 6.61 Å². The summed E-state index contributed by atoms with van der Waals surface area (Å²) in [5.74, 6) is -1.77. The van der Waals surface area contributed by atoms with Crippen molar-refractivity contribution in [2.45, 2.75) is 37.5 Å². The predicted octanol–water partition coefficient (Wildman–Crippen LogP) is 7.38. The third kappa shape index (κ3) is 6.23. The van der Waals surface area contributed by atoms with Crippen LogP contribution in [0.25, 0.3) is 27.5 Å². The first-order valence-corrected chi connectivity index (χ1v) is 15.9. The SMILES string of the molecule is CCOC(=O)c1csc(-n2nc(-c3ccc(F)c(-c4ccc(F)cc4)c3)c(Cc3ccc(S(=O)O)cc3F)c2CC2CC2)n1. The lowest BCUT2D eigenvalue weighted by Crippen LogP contribution is -2.08. The maximum atomic E-state index is 15.3. The summed E-state index contributed by atoms with van der Waals surface area (Å²) in [4.78, 5) is 16.8. The van der Waals surface area contributed by atoms with Crippen molar-refractivity contribution in [3.63, 3.8) is 0 Å². The number of esters is 1. The van der Waals surface area contributed by atoms with E-state index < -0.39 is 34.5 Å². The van der Waals surface area contributed by atoms with Crippen LogP contribution in [-0.4, -0.2) is 36.1 Å². The standard InChI is InChI=1S/C32H26F3N3O4S2/c1-2-42-31(39)28-17-43-32(36-28)38-29(13-18-3-4-18)25(14-20-7-11-23(44(40)41)16-27(20)35)30(37-38)21-8-12-26(34)24(15-21)19-5-9-22(33)10-6-19/h5-12,15-18H,2-4,13-14H2,1H3,(H,40,41). The lowest BCUT2D eigenvalue weighted by atomic mass is 9.94. The second-order valence-electron chi connectivity index (χ2n) is 10.4. The van der Waals surface area contributed by atoms with E-state index in [-0.39, 0.29) is 34.7 Å². The Bertz CT molecular complexity index is 1880. The van der Waals surface area contributed by atoms with Crippen LogP contribution in [0.5, 0.6) is 0 Å². The highest BCUT2D eigenvalue weighted by Gasteiger charge is 2.30. The highest BCUT2D eigenvalue weighted by atomic mass is 32.2. The van der Waals surface area contributed by atoms with Gasteiger partial charge in [0.15, 0.2) is 16.8 Å². The van der Waals surface area contributed by atoms with Crippen LogP contribution < -0.4 is 0 Å². The molecule has 0 spiro atoms. The van der Waals surface area contributed by atoms with Gasteiger partial charge in [-0.1, -0.05) is 18.2 Å². The molecule has 1 aliphatic carbocycles. The van der Waals surface area contributed by atoms with Crippen molar-refractivity contribution >= 4 is 28.4 Å². The quantitative estimate of drug-likeness (QED) is 0.127. The van der Waals surface area contributed by atoms with Crippen LogP contribution in [0.3, 0.4) is 0 Å². The molecule has 3 aromatic carbocycles. The smallest absolute Gasteiger partial charge is 0.357 e. The highest BCUT2D eigenvalue weighted by molar-refractivity contribution is 7.79. The monoisotopic (exact) mass is 637 g/mol. The first kappa shape index (κ1) is 29.9. The fraction of sp³-hybridized carbons (Fsp3) is 0.219. The first-order chi connectivity index (χ1) is 21.2. The van der Waals surface area contributed by atoms with Gasteiger partial charge in [-0.2, -0.15) is 5.10 Å². The molecule has 44 heavy (non-hydrogen) atoms. The van der Waals surface area contributed by atoms with Gasteiger partial charge in [0.25, 0.3) is 0 Å². The average Bonchev–Trinajstić information content (AvgIpc) is 3.57. The van der Waals surface area contributed by atoms with Gasteiger partial charge in [0.1, 0.15) is 17.5 Å². The number of carbonyl (C=O) groups excluding carboxylic acids is 1. The number of aromatic nitrogens is 3. The number of nitrogens with zero attached hydrogens (tertiary/aromatic N) is 3. The number of halogens is 3. The molecule has 1 aliphatic rings. The van der Waals surface area contributed by atoms with Crippen molar-refractivity contribution in [1.29, 1.82) is 0 Å². The van der Waals surface area contributed by atoms with Crippen molar-refractivity contribution < 1.29 is 31.5 Å². The van der Waals surface area contributed by atoms with Crippen LogP contribution in [-0.2, 0) is 28.7 Å². The van der Waals surface area contributed by atoms with Gasteiger partial charge >= 0.3 is 5.97 Å². The largest absolute Gasteiger partial charge is 0.461 e. The minimum absolute atomic E-state index is 0.0582. The fourth-order valence-electron chi connectivity index (χ4n) is 5.02. The molecule has 0 saturated heterocycles. The Morgan fingerprint density at radius 2 is 1.80 bits per heavy atom. The molecule has 2 heterocycles. The van der Waals surface area contributed by atoms with E-state index in [0.717, 1.165) is 24.6 Å². The molecule has 0 amide bonds. The number of thiazole rings is 1. The molecule has 7 nitrogen and oxygen atoms in total. The zero-order chi connectivity index (χ0) is 31.0. The van der Waals surface area contributed by atoms with E-state index in [1.807, 2.05) is 0 Å². The number of ether oxygens (including phenoxy) is 1. The summed E-state index contributed by atoms with van der Waals surface area (Å²) >= 11 is -1.13. The third-order valence-electron chi connectivity index (χ3n) is 7.42. The lowest BCUT2D eigenvalue weighted by Gasteiger charge is -2.11. The number of hydrogen-bond acceptors (Lipinski definition) is 6. The van der Waals surface area contributed by atoms with Crippen LogP contribution in [0.4, 0.5) is 13.2 Å². The zero-order valence-electron chi connectivity index (χ0n) is 23.4. The van der Waals surface area contributed by atoms with Gasteiger partial charge < -0.3 is 9.29 Å². The topological polar surface area (TPSA) is 94.3 Å². The number of rotatable bonds is 10. The van der Waals surface area contributed by atoms with Gasteiger partial charge in [-0.25, -0.2) is 31.8 Å². The molecule has 226 valence electrons. The van der Waals surface area contributed by atoms with Gasteiger partial charge in [-0.15, -0.1) is 11.3 Å². The Morgan fingerprint density at radius 3 is 2.48 bits per heavy atom. The van der Waals surface area contributed by atoms with E-state index in [9.17, 15) is 17.9 Å². The van der Waals surface area contributed by atoms with Crippen molar-refractivity contribution in [3.05, 3.63) is 106 Å². The van der Waals surface area contributed by atoms with Gasteiger partial charge in [0.2, 0.25) is 5.13 Å². The molecule has 5 aromatic rings. The number of hydrogen-bond donors (Lipinski definition) is 1. The van der Waals surface area contributed by atoms with Crippen molar-refractivity contribution in [3.8, 4) is 27.5 Å². The minimum atomic E-state index is -2.34. The summed E-state index contributed by atoms with van der Waals surface area (Å²) in [7, 11) is 0. The van der Waals surface area contributed by atoms with Crippen molar-refractivity contribution in [2.24, 2.45) is 5.92 Å². The molecule has 1 saturated carbocycles. The summed E-state index contributed by atoms with van der Waals surface area (Å²) in [5.41, 5.74) is 3.60. The van der Waals surface area contributed by atoms with E-state index >= 15 is 8.78 Å². The van der Waals surface area contributed by atoms with Gasteiger partial charge in [0, 0.05) is 28.5 Å². The second kappa shape index (κ2) is 12.5. The molecular formula is C32H26F3N3O4S2. The molecule has 12 heteroatoms. The second-order valence-corrected chi connectivity index (χ2v) is 12.3. The molecule has 1 fully saturated rings. The Morgan fingerprint density at radius 1 is 1.05 bits per heavy atom. The van der Waals surface area contributed by atoms with Crippen LogP contribution in [0, 0.1) is 23.4 Å². The summed E-state index contributed by atoms with van der Waals surface area (Å²) in [6.45, 7) is 1.90. The molecule has 2 aromatic heterocycles. The Balaban J connectivity index is 1.53. The van der Waals surface area contributed by atoms with Crippen LogP contribution >= 0.6 is 11.3 Å². The maximum Gasteiger partial charge on any atom is 0.357 e. The van der Waals surface area contributed by atoms with E-state index in [0.29, 0.717) is 39.9 Å². The van der Waals surface area contributed by atoms with E-state index in [2.05, 4.69) is 4.98 Å². The van der Waals surface area contributed by atoms with Crippen LogP contribution in [0.1, 0.15) is 47.1 Å².